The quantitative estimate of drug-likeness (QED) is 0.281. The summed E-state index contributed by atoms with van der Waals surface area (Å²) in [6.07, 6.45) is 0. The van der Waals surface area contributed by atoms with Crippen molar-refractivity contribution in [3.8, 4) is 22.6 Å². The SMILES string of the molecule is c1ccc(-c2oc(-c3cccc4ccc5ccccc5c34)c3ccccc23)cc1. The van der Waals surface area contributed by atoms with Crippen LogP contribution in [0.4, 0.5) is 0 Å². The molecule has 6 aromatic rings. The average molecular weight is 370 g/mol. The number of furan rings is 1. The second-order valence-corrected chi connectivity index (χ2v) is 7.36. The maximum absolute atomic E-state index is 6.59. The van der Waals surface area contributed by atoms with E-state index in [1.54, 1.807) is 0 Å². The van der Waals surface area contributed by atoms with E-state index in [0.717, 1.165) is 33.4 Å². The van der Waals surface area contributed by atoms with Crippen molar-refractivity contribution in [3.05, 3.63) is 109 Å². The molecule has 5 aromatic carbocycles. The summed E-state index contributed by atoms with van der Waals surface area (Å²) in [7, 11) is 0. The molecule has 1 heteroatoms. The van der Waals surface area contributed by atoms with Crippen LogP contribution in [0.25, 0.3) is 55.0 Å². The van der Waals surface area contributed by atoms with Crippen molar-refractivity contribution in [1.29, 1.82) is 0 Å². The first-order valence-electron chi connectivity index (χ1n) is 9.88. The van der Waals surface area contributed by atoms with Crippen LogP contribution >= 0.6 is 0 Å². The molecule has 0 amide bonds. The fourth-order valence-corrected chi connectivity index (χ4v) is 4.34. The molecule has 1 heterocycles. The van der Waals surface area contributed by atoms with Gasteiger partial charge in [-0.3, -0.25) is 0 Å². The Morgan fingerprint density at radius 1 is 0.414 bits per heavy atom. The van der Waals surface area contributed by atoms with Gasteiger partial charge in [-0.05, 0) is 16.2 Å². The molecule has 0 saturated carbocycles. The van der Waals surface area contributed by atoms with Gasteiger partial charge >= 0.3 is 0 Å². The summed E-state index contributed by atoms with van der Waals surface area (Å²) in [6, 6.07) is 38.2. The van der Waals surface area contributed by atoms with Crippen molar-refractivity contribution in [1.82, 2.24) is 0 Å². The lowest BCUT2D eigenvalue weighted by molar-refractivity contribution is 0.602. The predicted molar refractivity (Wildman–Crippen MR) is 122 cm³/mol. The molecule has 0 bridgehead atoms. The zero-order valence-corrected chi connectivity index (χ0v) is 15.8. The monoisotopic (exact) mass is 370 g/mol. The van der Waals surface area contributed by atoms with Gasteiger partial charge in [0.15, 0.2) is 0 Å². The second-order valence-electron chi connectivity index (χ2n) is 7.36. The lowest BCUT2D eigenvalue weighted by Gasteiger charge is -2.09. The summed E-state index contributed by atoms with van der Waals surface area (Å²) in [5.41, 5.74) is 2.23. The minimum absolute atomic E-state index is 0.924. The summed E-state index contributed by atoms with van der Waals surface area (Å²) in [6.45, 7) is 0. The number of hydrogen-bond donors (Lipinski definition) is 0. The molecule has 1 nitrogen and oxygen atoms in total. The van der Waals surface area contributed by atoms with E-state index in [2.05, 4.69) is 103 Å². The maximum Gasteiger partial charge on any atom is 0.143 e. The van der Waals surface area contributed by atoms with E-state index >= 15 is 0 Å². The number of hydrogen-bond acceptors (Lipinski definition) is 1. The van der Waals surface area contributed by atoms with Crippen LogP contribution in [0, 0.1) is 0 Å². The van der Waals surface area contributed by atoms with Crippen LogP contribution in [0.1, 0.15) is 0 Å². The van der Waals surface area contributed by atoms with Gasteiger partial charge in [-0.2, -0.15) is 0 Å². The first-order valence-corrected chi connectivity index (χ1v) is 9.88. The summed E-state index contributed by atoms with van der Waals surface area (Å²) in [5, 5.41) is 7.25. The second kappa shape index (κ2) is 6.35. The molecule has 0 aliphatic rings. The molecule has 0 saturated heterocycles. The zero-order valence-electron chi connectivity index (χ0n) is 15.8. The van der Waals surface area contributed by atoms with E-state index in [1.807, 2.05) is 6.07 Å². The van der Waals surface area contributed by atoms with Gasteiger partial charge in [-0.15, -0.1) is 0 Å². The Labute approximate surface area is 168 Å². The zero-order chi connectivity index (χ0) is 19.2. The van der Waals surface area contributed by atoms with Crippen LogP contribution in [0.5, 0.6) is 0 Å². The molecule has 0 N–H and O–H groups in total. The summed E-state index contributed by atoms with van der Waals surface area (Å²) >= 11 is 0. The Morgan fingerprint density at radius 3 is 1.86 bits per heavy atom. The Bertz CT molecular complexity index is 1490. The van der Waals surface area contributed by atoms with E-state index < -0.39 is 0 Å². The van der Waals surface area contributed by atoms with E-state index in [1.165, 1.54) is 21.5 Å². The fraction of sp³-hybridized carbons (Fsp3) is 0. The number of rotatable bonds is 2. The van der Waals surface area contributed by atoms with Crippen LogP contribution in [-0.2, 0) is 0 Å². The molecule has 29 heavy (non-hydrogen) atoms. The topological polar surface area (TPSA) is 13.1 Å². The molecule has 0 unspecified atom stereocenters. The van der Waals surface area contributed by atoms with Crippen LogP contribution in [0.15, 0.2) is 114 Å². The minimum Gasteiger partial charge on any atom is -0.455 e. The molecule has 136 valence electrons. The third-order valence-electron chi connectivity index (χ3n) is 5.67. The van der Waals surface area contributed by atoms with Gasteiger partial charge in [0.05, 0.1) is 0 Å². The first kappa shape index (κ1) is 16.1. The third kappa shape index (κ3) is 2.48. The number of benzene rings is 5. The number of fused-ring (bicyclic) bond motifs is 4. The van der Waals surface area contributed by atoms with Crippen molar-refractivity contribution in [2.24, 2.45) is 0 Å². The van der Waals surface area contributed by atoms with Crippen LogP contribution in [-0.4, -0.2) is 0 Å². The Kier molecular flexibility index (Phi) is 3.54. The van der Waals surface area contributed by atoms with E-state index in [-0.39, 0.29) is 0 Å². The van der Waals surface area contributed by atoms with E-state index in [0.29, 0.717) is 0 Å². The lowest BCUT2D eigenvalue weighted by Crippen LogP contribution is -1.83. The molecule has 0 aliphatic heterocycles. The minimum atomic E-state index is 0.924. The first-order chi connectivity index (χ1) is 14.4. The van der Waals surface area contributed by atoms with Gasteiger partial charge in [-0.1, -0.05) is 109 Å². The Morgan fingerprint density at radius 2 is 1.03 bits per heavy atom. The van der Waals surface area contributed by atoms with Gasteiger partial charge in [0.2, 0.25) is 0 Å². The maximum atomic E-state index is 6.59. The fourth-order valence-electron chi connectivity index (χ4n) is 4.34. The van der Waals surface area contributed by atoms with Gasteiger partial charge in [0.1, 0.15) is 11.5 Å². The van der Waals surface area contributed by atoms with Crippen molar-refractivity contribution in [2.45, 2.75) is 0 Å². The van der Waals surface area contributed by atoms with Gasteiger partial charge in [-0.25, -0.2) is 0 Å². The summed E-state index contributed by atoms with van der Waals surface area (Å²) in [5.74, 6) is 1.86. The highest BCUT2D eigenvalue weighted by Crippen LogP contribution is 2.42. The lowest BCUT2D eigenvalue weighted by atomic mass is 9.95. The molecule has 0 radical (unpaired) electrons. The van der Waals surface area contributed by atoms with Crippen LogP contribution < -0.4 is 0 Å². The summed E-state index contributed by atoms with van der Waals surface area (Å²) in [4.78, 5) is 0. The predicted octanol–water partition coefficient (Wildman–Crippen LogP) is 8.07. The molecular weight excluding hydrogens is 352 g/mol. The molecule has 0 aliphatic carbocycles. The largest absolute Gasteiger partial charge is 0.455 e. The standard InChI is InChI=1S/C28H18O/c1-2-10-21(11-3-1)27-23-14-6-7-15-24(23)28(29-27)25-16-8-12-20-18-17-19-9-4-5-13-22(19)26(20)25/h1-18H. The molecule has 0 fully saturated rings. The van der Waals surface area contributed by atoms with E-state index in [9.17, 15) is 0 Å². The van der Waals surface area contributed by atoms with Crippen molar-refractivity contribution in [2.75, 3.05) is 0 Å². The third-order valence-corrected chi connectivity index (χ3v) is 5.67. The highest BCUT2D eigenvalue weighted by Gasteiger charge is 2.18. The highest BCUT2D eigenvalue weighted by atomic mass is 16.3. The molecule has 0 spiro atoms. The molecule has 0 atom stereocenters. The van der Waals surface area contributed by atoms with Gasteiger partial charge in [0, 0.05) is 27.3 Å². The molecule has 1 aromatic heterocycles. The Balaban J connectivity index is 1.74. The van der Waals surface area contributed by atoms with Gasteiger partial charge < -0.3 is 4.42 Å². The molecular formula is C28H18O. The normalized spacial score (nSPS) is 11.4. The summed E-state index contributed by atoms with van der Waals surface area (Å²) < 4.78 is 6.59. The highest BCUT2D eigenvalue weighted by molar-refractivity contribution is 6.16. The van der Waals surface area contributed by atoms with E-state index in [4.69, 9.17) is 4.42 Å². The van der Waals surface area contributed by atoms with Gasteiger partial charge in [0.25, 0.3) is 0 Å². The van der Waals surface area contributed by atoms with Crippen molar-refractivity contribution >= 4 is 32.3 Å². The van der Waals surface area contributed by atoms with Crippen molar-refractivity contribution < 1.29 is 4.42 Å². The molecule has 6 rings (SSSR count). The Hall–Kier alpha value is -3.84. The van der Waals surface area contributed by atoms with Crippen molar-refractivity contribution in [3.63, 3.8) is 0 Å². The smallest absolute Gasteiger partial charge is 0.143 e. The van der Waals surface area contributed by atoms with Crippen LogP contribution in [0.3, 0.4) is 0 Å². The van der Waals surface area contributed by atoms with Crippen LogP contribution in [0.2, 0.25) is 0 Å². The average Bonchev–Trinajstić information content (AvgIpc) is 3.19.